The molecule has 0 unspecified atom stereocenters. The van der Waals surface area contributed by atoms with Crippen molar-refractivity contribution in [2.24, 2.45) is 0 Å². The number of benzene rings is 2. The van der Waals surface area contributed by atoms with Crippen molar-refractivity contribution >= 4 is 10.0 Å². The van der Waals surface area contributed by atoms with E-state index in [0.29, 0.717) is 42.6 Å². The third-order valence-electron chi connectivity index (χ3n) is 4.67. The molecule has 0 bridgehead atoms. The van der Waals surface area contributed by atoms with Gasteiger partial charge in [0.25, 0.3) is 0 Å². The van der Waals surface area contributed by atoms with Crippen LogP contribution in [0.25, 0.3) is 11.1 Å². The van der Waals surface area contributed by atoms with Gasteiger partial charge in [0, 0.05) is 11.6 Å². The lowest BCUT2D eigenvalue weighted by Gasteiger charge is -2.26. The van der Waals surface area contributed by atoms with E-state index in [1.165, 1.54) is 12.1 Å². The summed E-state index contributed by atoms with van der Waals surface area (Å²) < 4.78 is 47.2. The van der Waals surface area contributed by atoms with Gasteiger partial charge in [-0.1, -0.05) is 18.2 Å². The van der Waals surface area contributed by atoms with Crippen LogP contribution in [0.2, 0.25) is 0 Å². The fourth-order valence-corrected chi connectivity index (χ4v) is 4.47. The van der Waals surface area contributed by atoms with Crippen LogP contribution in [0, 0.1) is 5.82 Å². The predicted molar refractivity (Wildman–Crippen MR) is 97.0 cm³/mol. The van der Waals surface area contributed by atoms with Crippen molar-refractivity contribution in [3.05, 3.63) is 48.3 Å². The van der Waals surface area contributed by atoms with Crippen molar-refractivity contribution in [3.8, 4) is 16.9 Å². The maximum absolute atomic E-state index is 14.5. The first-order chi connectivity index (χ1) is 12.4. The molecule has 26 heavy (non-hydrogen) atoms. The molecule has 1 fully saturated rings. The molecule has 0 atom stereocenters. The van der Waals surface area contributed by atoms with Gasteiger partial charge in [-0.25, -0.2) is 17.5 Å². The standard InChI is InChI=1S/C19H22FNO4S/c1-25-16-8-2-13(3-9-16)18-11-10-17(12-19(18)20)26(23,24)21-14-4-6-15(22)7-5-14/h2-3,8-12,14-15,21-22H,4-7H2,1H3/t14-,15-. The van der Waals surface area contributed by atoms with Crippen molar-refractivity contribution < 1.29 is 22.7 Å². The molecule has 7 heteroatoms. The Morgan fingerprint density at radius 1 is 1.08 bits per heavy atom. The number of sulfonamides is 1. The molecule has 0 aliphatic heterocycles. The van der Waals surface area contributed by atoms with E-state index in [0.717, 1.165) is 6.07 Å². The molecule has 0 saturated heterocycles. The molecular weight excluding hydrogens is 357 g/mol. The highest BCUT2D eigenvalue weighted by molar-refractivity contribution is 7.89. The van der Waals surface area contributed by atoms with Gasteiger partial charge >= 0.3 is 0 Å². The molecule has 2 aromatic carbocycles. The van der Waals surface area contributed by atoms with E-state index in [2.05, 4.69) is 4.72 Å². The number of nitrogens with one attached hydrogen (secondary N) is 1. The van der Waals surface area contributed by atoms with Crippen LogP contribution in [0.3, 0.4) is 0 Å². The zero-order chi connectivity index (χ0) is 18.7. The SMILES string of the molecule is COc1ccc(-c2ccc(S(=O)(=O)N[C@H]3CC[C@H](O)CC3)cc2F)cc1. The number of rotatable bonds is 5. The minimum Gasteiger partial charge on any atom is -0.497 e. The molecule has 0 amide bonds. The minimum atomic E-state index is -3.80. The van der Waals surface area contributed by atoms with E-state index >= 15 is 0 Å². The summed E-state index contributed by atoms with van der Waals surface area (Å²) in [6.07, 6.45) is 1.92. The van der Waals surface area contributed by atoms with Crippen LogP contribution < -0.4 is 9.46 Å². The quantitative estimate of drug-likeness (QED) is 0.837. The summed E-state index contributed by atoms with van der Waals surface area (Å²) >= 11 is 0. The first-order valence-corrected chi connectivity index (χ1v) is 10.0. The molecule has 1 saturated carbocycles. The van der Waals surface area contributed by atoms with Crippen LogP contribution in [0.1, 0.15) is 25.7 Å². The summed E-state index contributed by atoms with van der Waals surface area (Å²) in [5.41, 5.74) is 0.967. The number of halogens is 1. The molecule has 5 nitrogen and oxygen atoms in total. The van der Waals surface area contributed by atoms with Crippen LogP contribution >= 0.6 is 0 Å². The van der Waals surface area contributed by atoms with E-state index in [9.17, 15) is 17.9 Å². The summed E-state index contributed by atoms with van der Waals surface area (Å²) in [6, 6.07) is 10.6. The Kier molecular flexibility index (Phi) is 5.60. The summed E-state index contributed by atoms with van der Waals surface area (Å²) in [7, 11) is -2.25. The second-order valence-corrected chi connectivity index (χ2v) is 8.21. The van der Waals surface area contributed by atoms with Gasteiger partial charge in [-0.05, 0) is 55.5 Å². The number of hydrogen-bond donors (Lipinski definition) is 2. The van der Waals surface area contributed by atoms with E-state index in [4.69, 9.17) is 4.74 Å². The smallest absolute Gasteiger partial charge is 0.240 e. The van der Waals surface area contributed by atoms with Crippen LogP contribution in [-0.4, -0.2) is 32.8 Å². The average Bonchev–Trinajstić information content (AvgIpc) is 2.63. The first-order valence-electron chi connectivity index (χ1n) is 8.53. The van der Waals surface area contributed by atoms with Crippen LogP contribution in [0.15, 0.2) is 47.4 Å². The van der Waals surface area contributed by atoms with Crippen molar-refractivity contribution in [2.75, 3.05) is 7.11 Å². The first kappa shape index (κ1) is 18.8. The fraction of sp³-hybridized carbons (Fsp3) is 0.368. The Bertz CT molecular complexity index is 860. The molecular formula is C19H22FNO4S. The van der Waals surface area contributed by atoms with Gasteiger partial charge in [0.2, 0.25) is 10.0 Å². The molecule has 3 rings (SSSR count). The summed E-state index contributed by atoms with van der Waals surface area (Å²) in [5.74, 6) is 0.0623. The highest BCUT2D eigenvalue weighted by Gasteiger charge is 2.25. The fourth-order valence-electron chi connectivity index (χ4n) is 3.15. The van der Waals surface area contributed by atoms with Crippen LogP contribution in [-0.2, 0) is 10.0 Å². The largest absolute Gasteiger partial charge is 0.497 e. The molecule has 140 valence electrons. The Hall–Kier alpha value is -1.96. The van der Waals surface area contributed by atoms with Gasteiger partial charge in [0.1, 0.15) is 11.6 Å². The Labute approximate surface area is 152 Å². The number of ether oxygens (including phenoxy) is 1. The lowest BCUT2D eigenvalue weighted by molar-refractivity contribution is 0.120. The van der Waals surface area contributed by atoms with Crippen LogP contribution in [0.5, 0.6) is 5.75 Å². The highest BCUT2D eigenvalue weighted by Crippen LogP contribution is 2.27. The van der Waals surface area contributed by atoms with Crippen LogP contribution in [0.4, 0.5) is 4.39 Å². The van der Waals surface area contributed by atoms with E-state index < -0.39 is 15.8 Å². The van der Waals surface area contributed by atoms with Crippen molar-refractivity contribution in [2.45, 2.75) is 42.7 Å². The predicted octanol–water partition coefficient (Wildman–Crippen LogP) is 3.08. The van der Waals surface area contributed by atoms with Gasteiger partial charge in [-0.2, -0.15) is 0 Å². The summed E-state index contributed by atoms with van der Waals surface area (Å²) in [4.78, 5) is -0.0987. The topological polar surface area (TPSA) is 75.6 Å². The van der Waals surface area contributed by atoms with E-state index in [-0.39, 0.29) is 17.0 Å². The highest BCUT2D eigenvalue weighted by atomic mass is 32.2. The normalized spacial score (nSPS) is 20.7. The number of aliphatic hydroxyl groups is 1. The molecule has 1 aliphatic carbocycles. The summed E-state index contributed by atoms with van der Waals surface area (Å²) in [5, 5.41) is 9.52. The van der Waals surface area contributed by atoms with E-state index in [1.807, 2.05) is 0 Å². The Morgan fingerprint density at radius 3 is 2.31 bits per heavy atom. The lowest BCUT2D eigenvalue weighted by atomic mass is 9.94. The number of methoxy groups -OCH3 is 1. The maximum Gasteiger partial charge on any atom is 0.240 e. The third kappa shape index (κ3) is 4.23. The molecule has 0 heterocycles. The molecule has 1 aliphatic rings. The second-order valence-electron chi connectivity index (χ2n) is 6.50. The van der Waals surface area contributed by atoms with Gasteiger partial charge in [0.15, 0.2) is 0 Å². The zero-order valence-corrected chi connectivity index (χ0v) is 15.3. The molecule has 2 aromatic rings. The maximum atomic E-state index is 14.5. The third-order valence-corrected chi connectivity index (χ3v) is 6.19. The second kappa shape index (κ2) is 7.73. The molecule has 0 aromatic heterocycles. The average molecular weight is 379 g/mol. The van der Waals surface area contributed by atoms with Crippen molar-refractivity contribution in [1.29, 1.82) is 0 Å². The minimum absolute atomic E-state index is 0.0987. The van der Waals surface area contributed by atoms with Gasteiger partial charge < -0.3 is 9.84 Å². The monoisotopic (exact) mass is 379 g/mol. The zero-order valence-electron chi connectivity index (χ0n) is 14.5. The van der Waals surface area contributed by atoms with E-state index in [1.54, 1.807) is 31.4 Å². The number of hydrogen-bond acceptors (Lipinski definition) is 4. The van der Waals surface area contributed by atoms with Gasteiger partial charge in [-0.3, -0.25) is 0 Å². The Balaban J connectivity index is 1.79. The number of aliphatic hydroxyl groups excluding tert-OH is 1. The summed E-state index contributed by atoms with van der Waals surface area (Å²) in [6.45, 7) is 0. The van der Waals surface area contributed by atoms with Gasteiger partial charge in [-0.15, -0.1) is 0 Å². The lowest BCUT2D eigenvalue weighted by Crippen LogP contribution is -2.38. The Morgan fingerprint density at radius 2 is 1.73 bits per heavy atom. The molecule has 2 N–H and O–H groups in total. The van der Waals surface area contributed by atoms with Crippen molar-refractivity contribution in [1.82, 2.24) is 4.72 Å². The van der Waals surface area contributed by atoms with Crippen molar-refractivity contribution in [3.63, 3.8) is 0 Å². The van der Waals surface area contributed by atoms with Gasteiger partial charge in [0.05, 0.1) is 18.1 Å². The molecule has 0 radical (unpaired) electrons. The molecule has 0 spiro atoms.